The molecule has 2 fully saturated rings. The van der Waals surface area contributed by atoms with Crippen molar-refractivity contribution in [3.63, 3.8) is 0 Å². The summed E-state index contributed by atoms with van der Waals surface area (Å²) in [6.07, 6.45) is 2.66. The molecule has 3 unspecified atom stereocenters. The minimum atomic E-state index is -0.580. The molecule has 238 valence electrons. The lowest BCUT2D eigenvalue weighted by atomic mass is 9.91. The Bertz CT molecular complexity index is 1570. The van der Waals surface area contributed by atoms with Crippen LogP contribution in [0.5, 0.6) is 0 Å². The summed E-state index contributed by atoms with van der Waals surface area (Å²) in [6, 6.07) is 7.61. The fourth-order valence-electron chi connectivity index (χ4n) is 6.02. The molecular formula is C31H37N7O6S. The zero-order valence-electron chi connectivity index (χ0n) is 25.5. The number of fused-ring (bicyclic) bond motifs is 3. The van der Waals surface area contributed by atoms with E-state index in [1.807, 2.05) is 26.8 Å². The van der Waals surface area contributed by atoms with Crippen molar-refractivity contribution in [1.82, 2.24) is 21.1 Å². The SMILES string of the molecule is CC(C)(C)OC(=O)NC1CCCC(NC(=O)c2ccc(C3=C4C(=O)c5c(NC(=O)NN6CCOCC6)cccc5C4N=N3)s2)C1. The first kappa shape index (κ1) is 30.9. The van der Waals surface area contributed by atoms with Crippen LogP contribution < -0.4 is 21.4 Å². The molecule has 1 saturated heterocycles. The third kappa shape index (κ3) is 6.92. The van der Waals surface area contributed by atoms with Crippen LogP contribution in [0, 0.1) is 0 Å². The topological polar surface area (TPSA) is 163 Å². The van der Waals surface area contributed by atoms with E-state index in [2.05, 4.69) is 31.6 Å². The molecule has 14 heteroatoms. The molecule has 4 aliphatic rings. The number of ether oxygens (including phenoxy) is 2. The Morgan fingerprint density at radius 2 is 1.80 bits per heavy atom. The van der Waals surface area contributed by atoms with Gasteiger partial charge in [-0.25, -0.2) is 14.6 Å². The summed E-state index contributed by atoms with van der Waals surface area (Å²) in [7, 11) is 0. The van der Waals surface area contributed by atoms with E-state index in [1.54, 1.807) is 29.3 Å². The maximum Gasteiger partial charge on any atom is 0.407 e. The summed E-state index contributed by atoms with van der Waals surface area (Å²) in [5.41, 5.74) is 4.57. The van der Waals surface area contributed by atoms with Gasteiger partial charge >= 0.3 is 12.1 Å². The number of thiophene rings is 1. The lowest BCUT2D eigenvalue weighted by Gasteiger charge is -2.31. The minimum absolute atomic E-state index is 0.0829. The predicted octanol–water partition coefficient (Wildman–Crippen LogP) is 4.80. The van der Waals surface area contributed by atoms with E-state index in [0.29, 0.717) is 70.6 Å². The molecule has 6 rings (SSSR count). The highest BCUT2D eigenvalue weighted by Crippen LogP contribution is 2.49. The van der Waals surface area contributed by atoms with Crippen LogP contribution in [0.15, 0.2) is 46.1 Å². The average molecular weight is 636 g/mol. The number of alkyl carbamates (subject to hydrolysis) is 1. The number of hydrazine groups is 1. The summed E-state index contributed by atoms with van der Waals surface area (Å²) in [5, 5.41) is 19.4. The van der Waals surface area contributed by atoms with Gasteiger partial charge in [-0.3, -0.25) is 15.0 Å². The highest BCUT2D eigenvalue weighted by molar-refractivity contribution is 7.15. The number of amides is 4. The van der Waals surface area contributed by atoms with Gasteiger partial charge in [0.15, 0.2) is 5.78 Å². The molecule has 2 aliphatic carbocycles. The van der Waals surface area contributed by atoms with Gasteiger partial charge in [-0.1, -0.05) is 12.1 Å². The van der Waals surface area contributed by atoms with Gasteiger partial charge in [0.1, 0.15) is 17.3 Å². The van der Waals surface area contributed by atoms with Crippen molar-refractivity contribution in [2.24, 2.45) is 10.2 Å². The van der Waals surface area contributed by atoms with Crippen LogP contribution in [-0.4, -0.2) is 72.8 Å². The fraction of sp³-hybridized carbons (Fsp3) is 0.484. The third-order valence-electron chi connectivity index (χ3n) is 7.98. The summed E-state index contributed by atoms with van der Waals surface area (Å²) < 4.78 is 10.7. The van der Waals surface area contributed by atoms with Crippen LogP contribution in [0.4, 0.5) is 15.3 Å². The number of carbonyl (C=O) groups excluding carboxylic acids is 4. The summed E-state index contributed by atoms with van der Waals surface area (Å²) in [5.74, 6) is -0.465. The van der Waals surface area contributed by atoms with Crippen LogP contribution in [0.2, 0.25) is 0 Å². The summed E-state index contributed by atoms with van der Waals surface area (Å²) in [4.78, 5) is 53.1. The Kier molecular flexibility index (Phi) is 8.71. The fourth-order valence-corrected chi connectivity index (χ4v) is 6.93. The van der Waals surface area contributed by atoms with Crippen LogP contribution in [0.25, 0.3) is 5.70 Å². The molecule has 1 aromatic heterocycles. The van der Waals surface area contributed by atoms with Crippen molar-refractivity contribution in [3.05, 3.63) is 56.8 Å². The lowest BCUT2D eigenvalue weighted by Crippen LogP contribution is -2.49. The van der Waals surface area contributed by atoms with Gasteiger partial charge in [-0.15, -0.1) is 11.3 Å². The molecule has 2 aromatic rings. The second kappa shape index (κ2) is 12.7. The maximum absolute atomic E-state index is 13.8. The van der Waals surface area contributed by atoms with Crippen molar-refractivity contribution in [3.8, 4) is 0 Å². The Labute approximate surface area is 264 Å². The second-order valence-electron chi connectivity index (χ2n) is 12.5. The second-order valence-corrected chi connectivity index (χ2v) is 13.6. The molecule has 0 spiro atoms. The molecule has 45 heavy (non-hydrogen) atoms. The highest BCUT2D eigenvalue weighted by atomic mass is 32.1. The van der Waals surface area contributed by atoms with E-state index in [0.717, 1.165) is 19.3 Å². The van der Waals surface area contributed by atoms with Gasteiger partial charge in [-0.05, 0) is 70.2 Å². The van der Waals surface area contributed by atoms with Gasteiger partial charge in [0.05, 0.1) is 39.8 Å². The van der Waals surface area contributed by atoms with E-state index >= 15 is 0 Å². The van der Waals surface area contributed by atoms with Crippen LogP contribution in [0.1, 0.15) is 83.0 Å². The van der Waals surface area contributed by atoms with Crippen molar-refractivity contribution < 1.29 is 28.7 Å². The van der Waals surface area contributed by atoms with Crippen molar-refractivity contribution >= 4 is 46.5 Å². The normalized spacial score (nSPS) is 22.9. The van der Waals surface area contributed by atoms with Gasteiger partial charge in [0, 0.05) is 25.2 Å². The molecule has 0 radical (unpaired) electrons. The van der Waals surface area contributed by atoms with Crippen molar-refractivity contribution in [2.45, 2.75) is 70.2 Å². The first-order valence-electron chi connectivity index (χ1n) is 15.2. The number of azo groups is 1. The van der Waals surface area contributed by atoms with Crippen LogP contribution in [-0.2, 0) is 9.47 Å². The van der Waals surface area contributed by atoms with Gasteiger partial charge in [0.2, 0.25) is 0 Å². The molecule has 4 amide bonds. The molecule has 1 saturated carbocycles. The highest BCUT2D eigenvalue weighted by Gasteiger charge is 2.43. The third-order valence-corrected chi connectivity index (χ3v) is 9.07. The van der Waals surface area contributed by atoms with E-state index in [9.17, 15) is 19.2 Å². The number of Topliss-reactive ketones (excluding diaryl/α,β-unsaturated/α-hetero) is 1. The predicted molar refractivity (Wildman–Crippen MR) is 167 cm³/mol. The number of ketones is 1. The standard InChI is InChI=1S/C31H37N7O6S/c1-31(2,3)44-30(42)33-18-7-4-6-17(16-18)32-28(40)22-11-10-21(45-22)26-24-25(35-36-26)19-8-5-9-20(23(19)27(24)39)34-29(41)37-38-12-14-43-15-13-38/h5,8-11,17-18,25H,4,6-7,12-16H2,1-3H3,(H,32,40)(H,33,42)(H2,34,37,41). The largest absolute Gasteiger partial charge is 0.444 e. The number of morpholine rings is 1. The number of hydrogen-bond acceptors (Lipinski definition) is 10. The molecular weight excluding hydrogens is 598 g/mol. The summed E-state index contributed by atoms with van der Waals surface area (Å²) >= 11 is 1.25. The van der Waals surface area contributed by atoms with Crippen molar-refractivity contribution in [2.75, 3.05) is 31.6 Å². The molecule has 13 nitrogen and oxygen atoms in total. The number of nitrogens with zero attached hydrogens (tertiary/aromatic N) is 3. The van der Waals surface area contributed by atoms with Crippen LogP contribution in [0.3, 0.4) is 0 Å². The number of carbonyl (C=O) groups is 4. The lowest BCUT2D eigenvalue weighted by molar-refractivity contribution is 0.0207. The summed E-state index contributed by atoms with van der Waals surface area (Å²) in [6.45, 7) is 7.67. The first-order chi connectivity index (χ1) is 21.6. The Hall–Kier alpha value is -4.14. The molecule has 4 N–H and O–H groups in total. The van der Waals surface area contributed by atoms with Crippen molar-refractivity contribution in [1.29, 1.82) is 0 Å². The number of nitrogens with one attached hydrogen (secondary N) is 4. The maximum atomic E-state index is 13.8. The Morgan fingerprint density at radius 3 is 2.56 bits per heavy atom. The number of hydrogen-bond donors (Lipinski definition) is 4. The molecule has 0 bridgehead atoms. The molecule has 1 aromatic carbocycles. The van der Waals surface area contributed by atoms with Gasteiger partial charge in [-0.2, -0.15) is 10.2 Å². The molecule has 3 heterocycles. The zero-order chi connectivity index (χ0) is 31.7. The number of rotatable bonds is 6. The quantitative estimate of drug-likeness (QED) is 0.354. The average Bonchev–Trinajstić information content (AvgIpc) is 3.70. The van der Waals surface area contributed by atoms with E-state index in [4.69, 9.17) is 9.47 Å². The monoisotopic (exact) mass is 635 g/mol. The van der Waals surface area contributed by atoms with Gasteiger partial charge < -0.3 is 25.4 Å². The zero-order valence-corrected chi connectivity index (χ0v) is 26.3. The van der Waals surface area contributed by atoms with Crippen LogP contribution >= 0.6 is 11.3 Å². The van der Waals surface area contributed by atoms with Gasteiger partial charge in [0.25, 0.3) is 5.91 Å². The van der Waals surface area contributed by atoms with E-state index < -0.39 is 23.8 Å². The van der Waals surface area contributed by atoms with E-state index in [-0.39, 0.29) is 23.8 Å². The minimum Gasteiger partial charge on any atom is -0.444 e. The number of urea groups is 1. The molecule has 3 atom stereocenters. The Morgan fingerprint density at radius 1 is 1.04 bits per heavy atom. The molecule has 2 aliphatic heterocycles. The Balaban J connectivity index is 1.12. The van der Waals surface area contributed by atoms with E-state index in [1.165, 1.54) is 11.3 Å². The first-order valence-corrected chi connectivity index (χ1v) is 16.0. The smallest absolute Gasteiger partial charge is 0.407 e. The number of anilines is 1. The number of benzene rings is 1.